The van der Waals surface area contributed by atoms with Crippen molar-refractivity contribution in [1.29, 1.82) is 5.26 Å². The Bertz CT molecular complexity index is 720. The molecule has 0 bridgehead atoms. The number of nitriles is 1. The second-order valence-electron chi connectivity index (χ2n) is 5.07. The van der Waals surface area contributed by atoms with Crippen molar-refractivity contribution in [1.82, 2.24) is 4.31 Å². The highest BCUT2D eigenvalue weighted by Gasteiger charge is 2.34. The SMILES string of the molecule is CCS(=O)(=O)N1CC(CNc2ccc(C#N)cc2[N+](=O)[O-])C1. The molecule has 1 heterocycles. The van der Waals surface area contributed by atoms with Crippen LogP contribution in [0.15, 0.2) is 18.2 Å². The first-order valence-electron chi connectivity index (χ1n) is 6.77. The molecule has 0 amide bonds. The highest BCUT2D eigenvalue weighted by atomic mass is 32.2. The Morgan fingerprint density at radius 2 is 2.18 bits per heavy atom. The molecular formula is C13H16N4O4S. The molecule has 1 aliphatic rings. The van der Waals surface area contributed by atoms with Gasteiger partial charge in [-0.05, 0) is 19.1 Å². The van der Waals surface area contributed by atoms with Crippen LogP contribution in [0.5, 0.6) is 0 Å². The van der Waals surface area contributed by atoms with Gasteiger partial charge < -0.3 is 5.32 Å². The molecular weight excluding hydrogens is 308 g/mol. The first kappa shape index (κ1) is 16.2. The molecule has 118 valence electrons. The first-order valence-corrected chi connectivity index (χ1v) is 8.38. The minimum Gasteiger partial charge on any atom is -0.379 e. The topological polar surface area (TPSA) is 116 Å². The number of nitro groups is 1. The van der Waals surface area contributed by atoms with Gasteiger partial charge in [0.1, 0.15) is 5.69 Å². The van der Waals surface area contributed by atoms with Crippen LogP contribution in [0.3, 0.4) is 0 Å². The van der Waals surface area contributed by atoms with E-state index in [-0.39, 0.29) is 22.9 Å². The molecule has 0 spiro atoms. The van der Waals surface area contributed by atoms with E-state index in [1.807, 2.05) is 6.07 Å². The van der Waals surface area contributed by atoms with Crippen LogP contribution in [0.4, 0.5) is 11.4 Å². The lowest BCUT2D eigenvalue weighted by atomic mass is 10.0. The maximum Gasteiger partial charge on any atom is 0.293 e. The fraction of sp³-hybridized carbons (Fsp3) is 0.462. The van der Waals surface area contributed by atoms with Gasteiger partial charge in [0.25, 0.3) is 5.69 Å². The standard InChI is InChI=1S/C13H16N4O4S/c1-2-22(20,21)16-8-11(9-16)7-15-12-4-3-10(6-14)5-13(12)17(18)19/h3-5,11,15H,2,7-9H2,1H3. The number of hydrogen-bond donors (Lipinski definition) is 1. The van der Waals surface area contributed by atoms with Gasteiger partial charge in [-0.1, -0.05) is 0 Å². The summed E-state index contributed by atoms with van der Waals surface area (Å²) in [5, 5.41) is 22.7. The van der Waals surface area contributed by atoms with E-state index in [1.165, 1.54) is 22.5 Å². The van der Waals surface area contributed by atoms with Gasteiger partial charge in [-0.15, -0.1) is 0 Å². The number of rotatable bonds is 6. The van der Waals surface area contributed by atoms with Crippen LogP contribution >= 0.6 is 0 Å². The predicted molar refractivity (Wildman–Crippen MR) is 80.8 cm³/mol. The monoisotopic (exact) mass is 324 g/mol. The number of benzene rings is 1. The Morgan fingerprint density at radius 3 is 2.73 bits per heavy atom. The van der Waals surface area contributed by atoms with Gasteiger partial charge in [0.2, 0.25) is 10.0 Å². The Morgan fingerprint density at radius 1 is 1.50 bits per heavy atom. The molecule has 0 aliphatic carbocycles. The van der Waals surface area contributed by atoms with Crippen molar-refractivity contribution in [2.45, 2.75) is 6.92 Å². The summed E-state index contributed by atoms with van der Waals surface area (Å²) in [4.78, 5) is 10.5. The molecule has 9 heteroatoms. The van der Waals surface area contributed by atoms with Gasteiger partial charge in [0.05, 0.1) is 22.3 Å². The number of anilines is 1. The van der Waals surface area contributed by atoms with Crippen molar-refractivity contribution in [3.05, 3.63) is 33.9 Å². The Balaban J connectivity index is 1.97. The third-order valence-electron chi connectivity index (χ3n) is 3.59. The van der Waals surface area contributed by atoms with Gasteiger partial charge in [-0.3, -0.25) is 10.1 Å². The highest BCUT2D eigenvalue weighted by Crippen LogP contribution is 2.27. The van der Waals surface area contributed by atoms with Crippen molar-refractivity contribution in [3.63, 3.8) is 0 Å². The second kappa shape index (κ2) is 6.29. The molecule has 1 N–H and O–H groups in total. The number of nitro benzene ring substituents is 1. The Labute approximate surface area is 128 Å². The van der Waals surface area contributed by atoms with Crippen LogP contribution in [0.2, 0.25) is 0 Å². The summed E-state index contributed by atoms with van der Waals surface area (Å²) in [6.07, 6.45) is 0. The maximum absolute atomic E-state index is 11.6. The predicted octanol–water partition coefficient (Wildman–Crippen LogP) is 1.16. The summed E-state index contributed by atoms with van der Waals surface area (Å²) >= 11 is 0. The maximum atomic E-state index is 11.6. The summed E-state index contributed by atoms with van der Waals surface area (Å²) in [5.74, 6) is 0.199. The zero-order valence-electron chi connectivity index (χ0n) is 12.0. The summed E-state index contributed by atoms with van der Waals surface area (Å²) in [6.45, 7) is 2.89. The molecule has 0 saturated carbocycles. The largest absolute Gasteiger partial charge is 0.379 e. The zero-order chi connectivity index (χ0) is 16.3. The van der Waals surface area contributed by atoms with E-state index in [0.717, 1.165) is 0 Å². The summed E-state index contributed by atoms with van der Waals surface area (Å²) in [6, 6.07) is 6.08. The molecule has 0 atom stereocenters. The van der Waals surface area contributed by atoms with Crippen molar-refractivity contribution in [3.8, 4) is 6.07 Å². The van der Waals surface area contributed by atoms with E-state index in [1.54, 1.807) is 6.92 Å². The Hall–Kier alpha value is -2.18. The van der Waals surface area contributed by atoms with E-state index in [2.05, 4.69) is 5.32 Å². The number of nitrogens with one attached hydrogen (secondary N) is 1. The van der Waals surface area contributed by atoms with Crippen LogP contribution < -0.4 is 5.32 Å². The third-order valence-corrected chi connectivity index (χ3v) is 5.40. The minimum absolute atomic E-state index is 0.0776. The van der Waals surface area contributed by atoms with Crippen LogP contribution in [-0.2, 0) is 10.0 Å². The van der Waals surface area contributed by atoms with Crippen molar-refractivity contribution in [2.24, 2.45) is 5.92 Å². The molecule has 8 nitrogen and oxygen atoms in total. The van der Waals surface area contributed by atoms with Crippen LogP contribution in [0, 0.1) is 27.4 Å². The normalized spacial score (nSPS) is 15.8. The highest BCUT2D eigenvalue weighted by molar-refractivity contribution is 7.89. The van der Waals surface area contributed by atoms with E-state index >= 15 is 0 Å². The summed E-state index contributed by atoms with van der Waals surface area (Å²) in [5.41, 5.74) is 0.401. The first-order chi connectivity index (χ1) is 10.4. The van der Waals surface area contributed by atoms with Crippen molar-refractivity contribution in [2.75, 3.05) is 30.7 Å². The number of hydrogen-bond acceptors (Lipinski definition) is 6. The van der Waals surface area contributed by atoms with E-state index in [9.17, 15) is 18.5 Å². The zero-order valence-corrected chi connectivity index (χ0v) is 12.8. The molecule has 1 saturated heterocycles. The van der Waals surface area contributed by atoms with E-state index in [4.69, 9.17) is 5.26 Å². The lowest BCUT2D eigenvalue weighted by Gasteiger charge is -2.38. The average molecular weight is 324 g/mol. The number of nitrogens with zero attached hydrogens (tertiary/aromatic N) is 3. The molecule has 1 aliphatic heterocycles. The quantitative estimate of drug-likeness (QED) is 0.620. The van der Waals surface area contributed by atoms with Gasteiger partial charge in [0, 0.05) is 31.6 Å². The summed E-state index contributed by atoms with van der Waals surface area (Å²) in [7, 11) is -3.15. The molecule has 0 unspecified atom stereocenters. The second-order valence-corrected chi connectivity index (χ2v) is 7.32. The molecule has 0 aromatic heterocycles. The van der Waals surface area contributed by atoms with Gasteiger partial charge in [-0.2, -0.15) is 5.26 Å². The third kappa shape index (κ3) is 3.35. The fourth-order valence-corrected chi connectivity index (χ4v) is 3.46. The number of sulfonamides is 1. The van der Waals surface area contributed by atoms with Gasteiger partial charge in [0.15, 0.2) is 0 Å². The fourth-order valence-electron chi connectivity index (χ4n) is 2.22. The Kier molecular flexibility index (Phi) is 4.63. The van der Waals surface area contributed by atoms with Crippen molar-refractivity contribution < 1.29 is 13.3 Å². The van der Waals surface area contributed by atoms with Gasteiger partial charge in [-0.25, -0.2) is 12.7 Å². The smallest absolute Gasteiger partial charge is 0.293 e. The van der Waals surface area contributed by atoms with Gasteiger partial charge >= 0.3 is 0 Å². The minimum atomic E-state index is -3.15. The van der Waals surface area contributed by atoms with E-state index < -0.39 is 14.9 Å². The molecule has 0 radical (unpaired) electrons. The summed E-state index contributed by atoms with van der Waals surface area (Å²) < 4.78 is 24.6. The molecule has 1 aromatic carbocycles. The van der Waals surface area contributed by atoms with Crippen LogP contribution in [0.1, 0.15) is 12.5 Å². The molecule has 2 rings (SSSR count). The molecule has 22 heavy (non-hydrogen) atoms. The van der Waals surface area contributed by atoms with Crippen LogP contribution in [0.25, 0.3) is 0 Å². The van der Waals surface area contributed by atoms with Crippen molar-refractivity contribution >= 4 is 21.4 Å². The lowest BCUT2D eigenvalue weighted by molar-refractivity contribution is -0.384. The average Bonchev–Trinajstić information content (AvgIpc) is 2.45. The molecule has 1 aromatic rings. The lowest BCUT2D eigenvalue weighted by Crippen LogP contribution is -2.52. The van der Waals surface area contributed by atoms with Crippen LogP contribution in [-0.4, -0.2) is 43.0 Å². The van der Waals surface area contributed by atoms with E-state index in [0.29, 0.717) is 25.3 Å². The molecule has 1 fully saturated rings.